The number of nitrogens with zero attached hydrogens (tertiary/aromatic N) is 4. The molecule has 0 bridgehead atoms. The number of rotatable bonds is 6. The summed E-state index contributed by atoms with van der Waals surface area (Å²) < 4.78 is 12.8. The Morgan fingerprint density at radius 1 is 1.22 bits per heavy atom. The minimum absolute atomic E-state index is 0.152. The molecule has 8 heteroatoms. The van der Waals surface area contributed by atoms with Gasteiger partial charge in [-0.05, 0) is 12.1 Å². The predicted octanol–water partition coefficient (Wildman–Crippen LogP) is 1.19. The van der Waals surface area contributed by atoms with Gasteiger partial charge in [0.1, 0.15) is 17.5 Å². The summed E-state index contributed by atoms with van der Waals surface area (Å²) in [5, 5.41) is 0. The molecule has 2 aromatic heterocycles. The van der Waals surface area contributed by atoms with Crippen LogP contribution >= 0.6 is 0 Å². The maximum Gasteiger partial charge on any atom is 0.252 e. The molecule has 0 radical (unpaired) electrons. The average Bonchev–Trinajstić information content (AvgIpc) is 3.03. The summed E-state index contributed by atoms with van der Waals surface area (Å²) in [6, 6.07) is 9.54. The Morgan fingerprint density at radius 3 is 2.85 bits per heavy atom. The molecule has 0 amide bonds. The number of hydrogen-bond acceptors (Lipinski definition) is 6. The highest BCUT2D eigenvalue weighted by atomic mass is 16.5. The minimum Gasteiger partial charge on any atom is -0.383 e. The van der Waals surface area contributed by atoms with E-state index in [1.165, 1.54) is 0 Å². The van der Waals surface area contributed by atoms with Gasteiger partial charge in [-0.2, -0.15) is 0 Å². The molecule has 8 nitrogen and oxygen atoms in total. The van der Waals surface area contributed by atoms with Gasteiger partial charge in [0.15, 0.2) is 0 Å². The Bertz CT molecular complexity index is 975. The quantitative estimate of drug-likeness (QED) is 0.703. The summed E-state index contributed by atoms with van der Waals surface area (Å²) >= 11 is 0. The highest BCUT2D eigenvalue weighted by molar-refractivity contribution is 5.76. The second-order valence-corrected chi connectivity index (χ2v) is 6.49. The fourth-order valence-electron chi connectivity index (χ4n) is 3.37. The molecule has 1 aliphatic rings. The molecule has 1 N–H and O–H groups in total. The molecule has 0 unspecified atom stereocenters. The van der Waals surface area contributed by atoms with Crippen molar-refractivity contribution in [3.05, 3.63) is 52.3 Å². The second kappa shape index (κ2) is 7.89. The van der Waals surface area contributed by atoms with Crippen LogP contribution in [0.2, 0.25) is 0 Å². The van der Waals surface area contributed by atoms with Crippen LogP contribution in [0.4, 0.5) is 5.82 Å². The summed E-state index contributed by atoms with van der Waals surface area (Å²) in [6.07, 6.45) is 0.450. The molecule has 0 saturated carbocycles. The van der Waals surface area contributed by atoms with Gasteiger partial charge < -0.3 is 23.9 Å². The number of morpholine rings is 1. The number of hydrogen-bond donors (Lipinski definition) is 1. The Hall–Kier alpha value is -2.71. The predicted molar refractivity (Wildman–Crippen MR) is 102 cm³/mol. The number of aromatic nitrogens is 4. The lowest BCUT2D eigenvalue weighted by Crippen LogP contribution is -2.37. The number of methoxy groups -OCH3 is 1. The van der Waals surface area contributed by atoms with Gasteiger partial charge in [-0.15, -0.1) is 0 Å². The average molecular weight is 369 g/mol. The van der Waals surface area contributed by atoms with Crippen molar-refractivity contribution in [2.75, 3.05) is 44.9 Å². The molecule has 0 atom stereocenters. The van der Waals surface area contributed by atoms with E-state index in [0.717, 1.165) is 29.9 Å². The molecule has 1 aliphatic heterocycles. The molecule has 3 aromatic rings. The van der Waals surface area contributed by atoms with Crippen LogP contribution in [-0.4, -0.2) is 59.5 Å². The summed E-state index contributed by atoms with van der Waals surface area (Å²) in [4.78, 5) is 26.5. The summed E-state index contributed by atoms with van der Waals surface area (Å²) in [5.41, 5.74) is 1.83. The Kier molecular flexibility index (Phi) is 5.17. The fourth-order valence-corrected chi connectivity index (χ4v) is 3.37. The summed E-state index contributed by atoms with van der Waals surface area (Å²) in [7, 11) is 1.68. The van der Waals surface area contributed by atoms with Gasteiger partial charge in [-0.1, -0.05) is 12.1 Å². The normalized spacial score (nSPS) is 14.8. The number of aromatic amines is 1. The van der Waals surface area contributed by atoms with E-state index in [0.29, 0.717) is 44.4 Å². The SMILES string of the molecule is COCCn1c(Cc2nc(N3CCOCC3)cc(=O)[nH]2)nc2ccccc21. The van der Waals surface area contributed by atoms with Gasteiger partial charge in [0.25, 0.3) is 5.56 Å². The maximum atomic E-state index is 12.2. The van der Waals surface area contributed by atoms with Crippen molar-refractivity contribution in [1.82, 2.24) is 19.5 Å². The number of H-pyrrole nitrogens is 1. The Morgan fingerprint density at radius 2 is 2.04 bits per heavy atom. The number of ether oxygens (including phenoxy) is 2. The molecule has 1 fully saturated rings. The first kappa shape index (κ1) is 17.7. The van der Waals surface area contributed by atoms with Crippen LogP contribution in [0.15, 0.2) is 35.1 Å². The number of imidazole rings is 1. The van der Waals surface area contributed by atoms with E-state index in [1.807, 2.05) is 24.3 Å². The number of nitrogens with one attached hydrogen (secondary N) is 1. The summed E-state index contributed by atoms with van der Waals surface area (Å²) in [6.45, 7) is 4.06. The molecule has 0 spiro atoms. The van der Waals surface area contributed by atoms with E-state index >= 15 is 0 Å². The second-order valence-electron chi connectivity index (χ2n) is 6.49. The zero-order valence-corrected chi connectivity index (χ0v) is 15.4. The first-order valence-corrected chi connectivity index (χ1v) is 9.10. The van der Waals surface area contributed by atoms with Crippen LogP contribution in [0.25, 0.3) is 11.0 Å². The topological polar surface area (TPSA) is 85.3 Å². The number of anilines is 1. The highest BCUT2D eigenvalue weighted by Gasteiger charge is 2.16. The molecule has 1 aromatic carbocycles. The molecule has 0 aliphatic carbocycles. The third-order valence-electron chi connectivity index (χ3n) is 4.69. The zero-order valence-electron chi connectivity index (χ0n) is 15.4. The van der Waals surface area contributed by atoms with Crippen molar-refractivity contribution >= 4 is 16.9 Å². The van der Waals surface area contributed by atoms with Crippen LogP contribution in [0.5, 0.6) is 0 Å². The maximum absolute atomic E-state index is 12.2. The van der Waals surface area contributed by atoms with Gasteiger partial charge in [0, 0.05) is 32.8 Å². The molecular formula is C19H23N5O3. The van der Waals surface area contributed by atoms with Crippen molar-refractivity contribution in [1.29, 1.82) is 0 Å². The third-order valence-corrected chi connectivity index (χ3v) is 4.69. The monoisotopic (exact) mass is 369 g/mol. The van der Waals surface area contributed by atoms with E-state index < -0.39 is 0 Å². The van der Waals surface area contributed by atoms with Gasteiger partial charge >= 0.3 is 0 Å². The molecular weight excluding hydrogens is 346 g/mol. The van der Waals surface area contributed by atoms with Crippen molar-refractivity contribution in [2.45, 2.75) is 13.0 Å². The van der Waals surface area contributed by atoms with Gasteiger partial charge in [0.2, 0.25) is 0 Å². The van der Waals surface area contributed by atoms with Gasteiger partial charge in [0.05, 0.1) is 37.3 Å². The van der Waals surface area contributed by atoms with E-state index in [1.54, 1.807) is 13.2 Å². The fraction of sp³-hybridized carbons (Fsp3) is 0.421. The van der Waals surface area contributed by atoms with E-state index in [2.05, 4.69) is 19.4 Å². The molecule has 3 heterocycles. The third kappa shape index (κ3) is 3.86. The van der Waals surface area contributed by atoms with E-state index in [4.69, 9.17) is 14.5 Å². The first-order chi connectivity index (χ1) is 13.2. The van der Waals surface area contributed by atoms with Crippen LogP contribution in [0.3, 0.4) is 0 Å². The van der Waals surface area contributed by atoms with E-state index in [9.17, 15) is 4.79 Å². The smallest absolute Gasteiger partial charge is 0.252 e. The van der Waals surface area contributed by atoms with Crippen LogP contribution in [0, 0.1) is 0 Å². The van der Waals surface area contributed by atoms with Crippen molar-refractivity contribution in [2.24, 2.45) is 0 Å². The number of benzene rings is 1. The van der Waals surface area contributed by atoms with Gasteiger partial charge in [-0.25, -0.2) is 9.97 Å². The van der Waals surface area contributed by atoms with Crippen LogP contribution < -0.4 is 10.5 Å². The minimum atomic E-state index is -0.152. The van der Waals surface area contributed by atoms with E-state index in [-0.39, 0.29) is 5.56 Å². The van der Waals surface area contributed by atoms with Gasteiger partial charge in [-0.3, -0.25) is 4.79 Å². The van der Waals surface area contributed by atoms with Crippen molar-refractivity contribution in [3.8, 4) is 0 Å². The number of fused-ring (bicyclic) bond motifs is 1. The lowest BCUT2D eigenvalue weighted by Gasteiger charge is -2.27. The first-order valence-electron chi connectivity index (χ1n) is 9.10. The molecule has 142 valence electrons. The Balaban J connectivity index is 1.67. The molecule has 1 saturated heterocycles. The highest BCUT2D eigenvalue weighted by Crippen LogP contribution is 2.18. The molecule has 27 heavy (non-hydrogen) atoms. The van der Waals surface area contributed by atoms with Crippen LogP contribution in [0.1, 0.15) is 11.6 Å². The summed E-state index contributed by atoms with van der Waals surface area (Å²) in [5.74, 6) is 2.16. The Labute approximate surface area is 156 Å². The van der Waals surface area contributed by atoms with Crippen LogP contribution in [-0.2, 0) is 22.4 Å². The standard InChI is InChI=1S/C19H23N5O3/c1-26-9-8-24-15-5-3-2-4-14(15)20-18(24)12-16-21-17(13-19(25)22-16)23-6-10-27-11-7-23/h2-5,13H,6-12H2,1H3,(H,21,22,25). The lowest BCUT2D eigenvalue weighted by molar-refractivity contribution is 0.122. The lowest BCUT2D eigenvalue weighted by atomic mass is 10.3. The number of para-hydroxylation sites is 2. The van der Waals surface area contributed by atoms with Crippen molar-refractivity contribution in [3.63, 3.8) is 0 Å². The van der Waals surface area contributed by atoms with Crippen molar-refractivity contribution < 1.29 is 9.47 Å². The zero-order chi connectivity index (χ0) is 18.6. The largest absolute Gasteiger partial charge is 0.383 e. The molecule has 4 rings (SSSR count).